The summed E-state index contributed by atoms with van der Waals surface area (Å²) >= 11 is 0. The topological polar surface area (TPSA) is 58.1 Å². The first-order valence-electron chi connectivity index (χ1n) is 10.00. The summed E-state index contributed by atoms with van der Waals surface area (Å²) in [5.41, 5.74) is 2.30. The maximum Gasteiger partial charge on any atom is 0.191 e. The standard InChI is InChI=1S/C21H36N4O2/c1-17-9-10-18(20(15-17)27-14-13-26-4)16-24-21(22-2)23-11-12-25(3)19-7-5-6-8-19/h9-10,15,19H,5-8,11-14,16H2,1-4H3,(H2,22,23,24). The predicted molar refractivity (Wildman–Crippen MR) is 112 cm³/mol. The summed E-state index contributed by atoms with van der Waals surface area (Å²) in [7, 11) is 5.72. The number of likely N-dealkylation sites (N-methyl/N-ethyl adjacent to an activating group) is 1. The first-order valence-corrected chi connectivity index (χ1v) is 10.00. The number of rotatable bonds is 10. The lowest BCUT2D eigenvalue weighted by molar-refractivity contribution is 0.145. The summed E-state index contributed by atoms with van der Waals surface area (Å²) in [6.07, 6.45) is 5.42. The number of aliphatic imine (C=N–C) groups is 1. The minimum atomic E-state index is 0.549. The van der Waals surface area contributed by atoms with Crippen molar-refractivity contribution in [1.29, 1.82) is 0 Å². The van der Waals surface area contributed by atoms with Crippen LogP contribution in [0.1, 0.15) is 36.8 Å². The van der Waals surface area contributed by atoms with Crippen LogP contribution in [-0.4, -0.2) is 64.4 Å². The first kappa shape index (κ1) is 21.5. The van der Waals surface area contributed by atoms with Crippen LogP contribution in [0.15, 0.2) is 23.2 Å². The number of nitrogens with one attached hydrogen (secondary N) is 2. The van der Waals surface area contributed by atoms with Gasteiger partial charge < -0.3 is 25.0 Å². The van der Waals surface area contributed by atoms with Crippen LogP contribution in [0.2, 0.25) is 0 Å². The fourth-order valence-corrected chi connectivity index (χ4v) is 3.45. The Morgan fingerprint density at radius 3 is 2.70 bits per heavy atom. The highest BCUT2D eigenvalue weighted by Gasteiger charge is 2.18. The molecule has 152 valence electrons. The van der Waals surface area contributed by atoms with Gasteiger partial charge in [0.15, 0.2) is 5.96 Å². The fourth-order valence-electron chi connectivity index (χ4n) is 3.45. The molecule has 2 N–H and O–H groups in total. The first-order chi connectivity index (χ1) is 13.1. The summed E-state index contributed by atoms with van der Waals surface area (Å²) in [6, 6.07) is 7.03. The third-order valence-electron chi connectivity index (χ3n) is 5.14. The minimum absolute atomic E-state index is 0.549. The Morgan fingerprint density at radius 1 is 1.22 bits per heavy atom. The lowest BCUT2D eigenvalue weighted by atomic mass is 10.1. The molecule has 0 amide bonds. The normalized spacial score (nSPS) is 15.4. The molecule has 0 aromatic heterocycles. The Kier molecular flexibility index (Phi) is 9.42. The van der Waals surface area contributed by atoms with Crippen LogP contribution in [0.5, 0.6) is 5.75 Å². The van der Waals surface area contributed by atoms with Crippen LogP contribution in [0.4, 0.5) is 0 Å². The van der Waals surface area contributed by atoms with Gasteiger partial charge in [-0.3, -0.25) is 4.99 Å². The molecule has 0 aliphatic heterocycles. The Hall–Kier alpha value is -1.79. The van der Waals surface area contributed by atoms with E-state index < -0.39 is 0 Å². The van der Waals surface area contributed by atoms with E-state index in [1.54, 1.807) is 14.2 Å². The number of methoxy groups -OCH3 is 1. The zero-order chi connectivity index (χ0) is 19.5. The zero-order valence-corrected chi connectivity index (χ0v) is 17.4. The maximum absolute atomic E-state index is 5.86. The van der Waals surface area contributed by atoms with E-state index in [4.69, 9.17) is 9.47 Å². The van der Waals surface area contributed by atoms with E-state index in [2.05, 4.69) is 52.7 Å². The molecule has 1 fully saturated rings. The maximum atomic E-state index is 5.86. The quantitative estimate of drug-likeness (QED) is 0.373. The predicted octanol–water partition coefficient (Wildman–Crippen LogP) is 2.56. The highest BCUT2D eigenvalue weighted by Crippen LogP contribution is 2.22. The van der Waals surface area contributed by atoms with Gasteiger partial charge in [0.05, 0.1) is 6.61 Å². The molecule has 0 unspecified atom stereocenters. The Balaban J connectivity index is 1.79. The van der Waals surface area contributed by atoms with Crippen molar-refractivity contribution >= 4 is 5.96 Å². The third-order valence-corrected chi connectivity index (χ3v) is 5.14. The van der Waals surface area contributed by atoms with Gasteiger partial charge in [-0.25, -0.2) is 0 Å². The number of benzene rings is 1. The van der Waals surface area contributed by atoms with Crippen molar-refractivity contribution in [3.05, 3.63) is 29.3 Å². The van der Waals surface area contributed by atoms with Gasteiger partial charge in [0.1, 0.15) is 12.4 Å². The molecular formula is C21H36N4O2. The molecule has 1 aromatic carbocycles. The molecule has 27 heavy (non-hydrogen) atoms. The molecule has 2 rings (SSSR count). The fraction of sp³-hybridized carbons (Fsp3) is 0.667. The van der Waals surface area contributed by atoms with Crippen molar-refractivity contribution in [1.82, 2.24) is 15.5 Å². The Morgan fingerprint density at radius 2 is 2.00 bits per heavy atom. The molecule has 0 saturated heterocycles. The largest absolute Gasteiger partial charge is 0.491 e. The molecule has 0 radical (unpaired) electrons. The monoisotopic (exact) mass is 376 g/mol. The van der Waals surface area contributed by atoms with E-state index >= 15 is 0 Å². The number of hydrogen-bond acceptors (Lipinski definition) is 4. The van der Waals surface area contributed by atoms with Crippen molar-refractivity contribution in [2.24, 2.45) is 4.99 Å². The molecule has 6 heteroatoms. The summed E-state index contributed by atoms with van der Waals surface area (Å²) in [5, 5.41) is 6.80. The number of ether oxygens (including phenoxy) is 2. The second-order valence-electron chi connectivity index (χ2n) is 7.22. The average molecular weight is 377 g/mol. The van der Waals surface area contributed by atoms with Crippen LogP contribution >= 0.6 is 0 Å². The van der Waals surface area contributed by atoms with Gasteiger partial charge in [-0.05, 0) is 38.4 Å². The molecule has 0 atom stereocenters. The molecule has 6 nitrogen and oxygen atoms in total. The molecule has 1 aromatic rings. The minimum Gasteiger partial charge on any atom is -0.491 e. The van der Waals surface area contributed by atoms with Crippen molar-refractivity contribution < 1.29 is 9.47 Å². The summed E-state index contributed by atoms with van der Waals surface area (Å²) < 4.78 is 10.9. The van der Waals surface area contributed by atoms with Crippen molar-refractivity contribution in [2.75, 3.05) is 47.5 Å². The van der Waals surface area contributed by atoms with Crippen molar-refractivity contribution in [3.63, 3.8) is 0 Å². The van der Waals surface area contributed by atoms with Gasteiger partial charge in [0.2, 0.25) is 0 Å². The number of nitrogens with zero attached hydrogens (tertiary/aromatic N) is 2. The molecular weight excluding hydrogens is 340 g/mol. The summed E-state index contributed by atoms with van der Waals surface area (Å²) in [5.74, 6) is 1.72. The van der Waals surface area contributed by atoms with E-state index in [9.17, 15) is 0 Å². The Labute approximate surface area is 164 Å². The van der Waals surface area contributed by atoms with Gasteiger partial charge >= 0.3 is 0 Å². The van der Waals surface area contributed by atoms with Gasteiger partial charge in [0, 0.05) is 45.4 Å². The van der Waals surface area contributed by atoms with Crippen LogP contribution < -0.4 is 15.4 Å². The van der Waals surface area contributed by atoms with Crippen molar-refractivity contribution in [3.8, 4) is 5.75 Å². The van der Waals surface area contributed by atoms with Crippen molar-refractivity contribution in [2.45, 2.75) is 45.2 Å². The van der Waals surface area contributed by atoms with Crippen LogP contribution in [0.3, 0.4) is 0 Å². The highest BCUT2D eigenvalue weighted by molar-refractivity contribution is 5.79. The summed E-state index contributed by atoms with van der Waals surface area (Å²) in [6.45, 7) is 5.79. The van der Waals surface area contributed by atoms with Crippen LogP contribution in [-0.2, 0) is 11.3 Å². The second-order valence-corrected chi connectivity index (χ2v) is 7.22. The number of guanidine groups is 1. The molecule has 1 saturated carbocycles. The van der Waals surface area contributed by atoms with E-state index in [-0.39, 0.29) is 0 Å². The third kappa shape index (κ3) is 7.39. The molecule has 1 aliphatic rings. The lowest BCUT2D eigenvalue weighted by Crippen LogP contribution is -2.42. The SMILES string of the molecule is CN=C(NCCN(C)C1CCCC1)NCc1ccc(C)cc1OCCOC. The number of aryl methyl sites for hydroxylation is 1. The Bertz CT molecular complexity index is 586. The van der Waals surface area contributed by atoms with Crippen LogP contribution in [0, 0.1) is 6.92 Å². The molecule has 0 spiro atoms. The number of hydrogen-bond donors (Lipinski definition) is 2. The molecule has 1 aliphatic carbocycles. The van der Waals surface area contributed by atoms with Gasteiger partial charge in [0.25, 0.3) is 0 Å². The van der Waals surface area contributed by atoms with E-state index in [0.29, 0.717) is 19.8 Å². The van der Waals surface area contributed by atoms with E-state index in [1.807, 2.05) is 0 Å². The lowest BCUT2D eigenvalue weighted by Gasteiger charge is -2.24. The van der Waals surface area contributed by atoms with Gasteiger partial charge in [-0.1, -0.05) is 25.0 Å². The summed E-state index contributed by atoms with van der Waals surface area (Å²) in [4.78, 5) is 6.80. The van der Waals surface area contributed by atoms with Gasteiger partial charge in [-0.2, -0.15) is 0 Å². The smallest absolute Gasteiger partial charge is 0.191 e. The van der Waals surface area contributed by atoms with Crippen LogP contribution in [0.25, 0.3) is 0 Å². The second kappa shape index (κ2) is 11.8. The molecule has 0 heterocycles. The highest BCUT2D eigenvalue weighted by atomic mass is 16.5. The van der Waals surface area contributed by atoms with E-state index in [0.717, 1.165) is 36.4 Å². The van der Waals surface area contributed by atoms with E-state index in [1.165, 1.54) is 31.2 Å². The van der Waals surface area contributed by atoms with Gasteiger partial charge in [-0.15, -0.1) is 0 Å². The average Bonchev–Trinajstić information content (AvgIpc) is 3.20. The zero-order valence-electron chi connectivity index (χ0n) is 17.4. The molecule has 0 bridgehead atoms.